The lowest BCUT2D eigenvalue weighted by Crippen LogP contribution is -2.58. The second-order valence-corrected chi connectivity index (χ2v) is 7.20. The van der Waals surface area contributed by atoms with Crippen LogP contribution in [0.15, 0.2) is 47.5 Å². The Balaban J connectivity index is 1.45. The number of piperidine rings is 1. The van der Waals surface area contributed by atoms with Crippen molar-refractivity contribution in [2.24, 2.45) is 5.41 Å². The standard InChI is InChI=1S/C20H24N2O4/c23-19(17-5-11-24-13-17)22-9-4-18-20(14-22,6-1-10-26-18)15-25-12-16-2-7-21-8-3-16/h2-3,5,7-8,11,13,18H,1,4,6,9-10,12,14-15H2/t18-,20+/m1/s1. The van der Waals surface area contributed by atoms with E-state index in [0.29, 0.717) is 31.9 Å². The molecule has 2 aromatic rings. The average Bonchev–Trinajstić information content (AvgIpc) is 3.22. The average molecular weight is 356 g/mol. The Bertz CT molecular complexity index is 719. The molecule has 6 nitrogen and oxygen atoms in total. The zero-order valence-corrected chi connectivity index (χ0v) is 14.8. The number of carbonyl (C=O) groups is 1. The molecule has 0 saturated carbocycles. The molecule has 4 heterocycles. The quantitative estimate of drug-likeness (QED) is 0.824. The Morgan fingerprint density at radius 1 is 1.35 bits per heavy atom. The lowest BCUT2D eigenvalue weighted by molar-refractivity contribution is -0.148. The van der Waals surface area contributed by atoms with Crippen molar-refractivity contribution in [3.63, 3.8) is 0 Å². The first-order chi connectivity index (χ1) is 12.8. The smallest absolute Gasteiger partial charge is 0.257 e. The van der Waals surface area contributed by atoms with Gasteiger partial charge >= 0.3 is 0 Å². The number of likely N-dealkylation sites (tertiary alicyclic amines) is 1. The number of amides is 1. The summed E-state index contributed by atoms with van der Waals surface area (Å²) in [5, 5.41) is 0. The van der Waals surface area contributed by atoms with Crippen molar-refractivity contribution in [2.75, 3.05) is 26.3 Å². The van der Waals surface area contributed by atoms with E-state index in [-0.39, 0.29) is 17.4 Å². The lowest BCUT2D eigenvalue weighted by atomic mass is 9.73. The van der Waals surface area contributed by atoms with Gasteiger partial charge in [-0.3, -0.25) is 9.78 Å². The van der Waals surface area contributed by atoms with Gasteiger partial charge < -0.3 is 18.8 Å². The van der Waals surface area contributed by atoms with Crippen LogP contribution in [0.5, 0.6) is 0 Å². The molecule has 0 N–H and O–H groups in total. The number of ether oxygens (including phenoxy) is 2. The molecule has 2 aliphatic heterocycles. The highest BCUT2D eigenvalue weighted by molar-refractivity contribution is 5.93. The molecule has 6 heteroatoms. The highest BCUT2D eigenvalue weighted by Gasteiger charge is 2.47. The van der Waals surface area contributed by atoms with Gasteiger partial charge in [-0.25, -0.2) is 0 Å². The fourth-order valence-corrected chi connectivity index (χ4v) is 4.09. The summed E-state index contributed by atoms with van der Waals surface area (Å²) >= 11 is 0. The van der Waals surface area contributed by atoms with Crippen molar-refractivity contribution in [1.82, 2.24) is 9.88 Å². The van der Waals surface area contributed by atoms with Crippen molar-refractivity contribution >= 4 is 5.91 Å². The van der Waals surface area contributed by atoms with E-state index in [9.17, 15) is 4.79 Å². The first-order valence-corrected chi connectivity index (χ1v) is 9.17. The van der Waals surface area contributed by atoms with E-state index >= 15 is 0 Å². The first-order valence-electron chi connectivity index (χ1n) is 9.17. The molecule has 0 bridgehead atoms. The maximum Gasteiger partial charge on any atom is 0.257 e. The zero-order valence-electron chi connectivity index (χ0n) is 14.8. The van der Waals surface area contributed by atoms with Crippen LogP contribution < -0.4 is 0 Å². The summed E-state index contributed by atoms with van der Waals surface area (Å²) in [6.07, 6.45) is 9.62. The van der Waals surface area contributed by atoms with E-state index in [1.807, 2.05) is 17.0 Å². The SMILES string of the molecule is O=C(c1ccoc1)N1CC[C@H]2OCCC[C@@]2(COCc2ccncc2)C1. The third kappa shape index (κ3) is 3.52. The molecule has 4 rings (SSSR count). The third-order valence-electron chi connectivity index (χ3n) is 5.45. The largest absolute Gasteiger partial charge is 0.472 e. The van der Waals surface area contributed by atoms with E-state index in [2.05, 4.69) is 4.98 Å². The molecular weight excluding hydrogens is 332 g/mol. The topological polar surface area (TPSA) is 64.8 Å². The summed E-state index contributed by atoms with van der Waals surface area (Å²) in [4.78, 5) is 18.7. The van der Waals surface area contributed by atoms with Crippen molar-refractivity contribution in [2.45, 2.75) is 32.0 Å². The Morgan fingerprint density at radius 2 is 2.23 bits per heavy atom. The molecule has 0 aliphatic carbocycles. The predicted octanol–water partition coefficient (Wildman–Crippen LogP) is 2.90. The lowest BCUT2D eigenvalue weighted by Gasteiger charge is -2.50. The number of hydrogen-bond acceptors (Lipinski definition) is 5. The zero-order chi connectivity index (χ0) is 17.8. The highest BCUT2D eigenvalue weighted by Crippen LogP contribution is 2.41. The minimum absolute atomic E-state index is 0.0243. The number of nitrogens with zero attached hydrogens (tertiary/aromatic N) is 2. The van der Waals surface area contributed by atoms with Gasteiger partial charge in [-0.05, 0) is 43.0 Å². The van der Waals surface area contributed by atoms with E-state index in [0.717, 1.165) is 31.4 Å². The summed E-state index contributed by atoms with van der Waals surface area (Å²) in [5.41, 5.74) is 1.57. The van der Waals surface area contributed by atoms with Gasteiger partial charge in [-0.15, -0.1) is 0 Å². The number of furan rings is 1. The molecule has 0 aromatic carbocycles. The number of pyridine rings is 1. The Morgan fingerprint density at radius 3 is 3.04 bits per heavy atom. The van der Waals surface area contributed by atoms with Gasteiger partial charge in [0.1, 0.15) is 6.26 Å². The van der Waals surface area contributed by atoms with Crippen LogP contribution in [0.2, 0.25) is 0 Å². The molecule has 0 radical (unpaired) electrons. The molecule has 0 spiro atoms. The predicted molar refractivity (Wildman–Crippen MR) is 94.5 cm³/mol. The summed E-state index contributed by atoms with van der Waals surface area (Å²) in [6, 6.07) is 5.64. The highest BCUT2D eigenvalue weighted by atomic mass is 16.5. The van der Waals surface area contributed by atoms with E-state index in [4.69, 9.17) is 13.9 Å². The van der Waals surface area contributed by atoms with Crippen LogP contribution in [-0.2, 0) is 16.1 Å². The fraction of sp³-hybridized carbons (Fsp3) is 0.500. The Kier molecular flexibility index (Phi) is 5.04. The maximum absolute atomic E-state index is 12.8. The van der Waals surface area contributed by atoms with Crippen LogP contribution in [0.4, 0.5) is 0 Å². The summed E-state index contributed by atoms with van der Waals surface area (Å²) in [5.74, 6) is 0.0243. The van der Waals surface area contributed by atoms with Crippen LogP contribution in [0.3, 0.4) is 0 Å². The molecule has 2 fully saturated rings. The van der Waals surface area contributed by atoms with Crippen LogP contribution in [-0.4, -0.2) is 48.2 Å². The van der Waals surface area contributed by atoms with Gasteiger partial charge in [0.2, 0.25) is 0 Å². The minimum Gasteiger partial charge on any atom is -0.472 e. The van der Waals surface area contributed by atoms with Gasteiger partial charge in [0.25, 0.3) is 5.91 Å². The van der Waals surface area contributed by atoms with E-state index in [1.54, 1.807) is 18.5 Å². The number of carbonyl (C=O) groups excluding carboxylic acids is 1. The van der Waals surface area contributed by atoms with Gasteiger partial charge in [-0.2, -0.15) is 0 Å². The normalized spacial score (nSPS) is 25.7. The number of rotatable bonds is 5. The molecule has 26 heavy (non-hydrogen) atoms. The van der Waals surface area contributed by atoms with Gasteiger partial charge in [0.15, 0.2) is 0 Å². The first kappa shape index (κ1) is 17.2. The number of hydrogen-bond donors (Lipinski definition) is 0. The molecule has 1 amide bonds. The monoisotopic (exact) mass is 356 g/mol. The Hall–Kier alpha value is -2.18. The number of fused-ring (bicyclic) bond motifs is 1. The molecule has 2 aromatic heterocycles. The van der Waals surface area contributed by atoms with Crippen LogP contribution >= 0.6 is 0 Å². The van der Waals surface area contributed by atoms with Gasteiger partial charge in [0.05, 0.1) is 31.1 Å². The minimum atomic E-state index is -0.136. The second-order valence-electron chi connectivity index (χ2n) is 7.20. The van der Waals surface area contributed by atoms with Crippen molar-refractivity contribution in [3.8, 4) is 0 Å². The summed E-state index contributed by atoms with van der Waals surface area (Å²) in [6.45, 7) is 3.31. The Labute approximate surface area is 153 Å². The van der Waals surface area contributed by atoms with Crippen molar-refractivity contribution in [1.29, 1.82) is 0 Å². The van der Waals surface area contributed by atoms with Crippen LogP contribution in [0.1, 0.15) is 35.2 Å². The summed E-state index contributed by atoms with van der Waals surface area (Å²) < 4.78 is 17.2. The molecule has 138 valence electrons. The van der Waals surface area contributed by atoms with Gasteiger partial charge in [0, 0.05) is 37.5 Å². The molecule has 0 unspecified atom stereocenters. The van der Waals surface area contributed by atoms with Crippen molar-refractivity contribution in [3.05, 3.63) is 54.2 Å². The molecule has 2 aliphatic rings. The molecule has 2 saturated heterocycles. The second kappa shape index (κ2) is 7.60. The third-order valence-corrected chi connectivity index (χ3v) is 5.45. The van der Waals surface area contributed by atoms with Crippen molar-refractivity contribution < 1.29 is 18.7 Å². The summed E-state index contributed by atoms with van der Waals surface area (Å²) in [7, 11) is 0. The van der Waals surface area contributed by atoms with Gasteiger partial charge in [-0.1, -0.05) is 0 Å². The molecule has 2 atom stereocenters. The van der Waals surface area contributed by atoms with E-state index in [1.165, 1.54) is 12.5 Å². The number of aromatic nitrogens is 1. The van der Waals surface area contributed by atoms with E-state index < -0.39 is 0 Å². The fourth-order valence-electron chi connectivity index (χ4n) is 4.09. The molecular formula is C20H24N2O4. The maximum atomic E-state index is 12.8. The van der Waals surface area contributed by atoms with Crippen LogP contribution in [0.25, 0.3) is 0 Å². The van der Waals surface area contributed by atoms with Crippen LogP contribution in [0, 0.1) is 5.41 Å².